The van der Waals surface area contributed by atoms with E-state index in [0.717, 1.165) is 42.9 Å². The fraction of sp³-hybridized carbons (Fsp3) is 0.467. The number of hydrogen-bond donors (Lipinski definition) is 0. The van der Waals surface area contributed by atoms with E-state index in [1.54, 1.807) is 12.3 Å². The van der Waals surface area contributed by atoms with Crippen molar-refractivity contribution in [3.05, 3.63) is 37.6 Å². The standard InChI is InChI=1S/C12H12NO2.C2H6.CH3.K/c1-2-11-10(13-5-1)8-12(15-11)9-3-6-14-7-4-9;1-2;;/h1,5,8-9H,3-4,6-7H2;1-2H3;1H3;/q-1;;-1;+1. The predicted octanol–water partition coefficient (Wildman–Crippen LogP) is 1.00. The number of rotatable bonds is 1. The number of fused-ring (bicyclic) bond motifs is 1. The second-order valence-electron chi connectivity index (χ2n) is 3.84. The molecule has 0 aromatic carbocycles. The Morgan fingerprint density at radius 2 is 1.95 bits per heavy atom. The predicted molar refractivity (Wildman–Crippen MR) is 73.4 cm³/mol. The first-order valence-electron chi connectivity index (χ1n) is 6.27. The van der Waals surface area contributed by atoms with Crippen molar-refractivity contribution in [1.29, 1.82) is 0 Å². The minimum atomic E-state index is 0. The van der Waals surface area contributed by atoms with Gasteiger partial charge in [-0.2, -0.15) is 6.07 Å². The number of nitrogens with zero attached hydrogens (tertiary/aromatic N) is 1. The molecule has 0 aliphatic carbocycles. The van der Waals surface area contributed by atoms with Crippen LogP contribution in [0.1, 0.15) is 38.4 Å². The summed E-state index contributed by atoms with van der Waals surface area (Å²) < 4.78 is 11.1. The van der Waals surface area contributed by atoms with Crippen LogP contribution >= 0.6 is 0 Å². The third kappa shape index (κ3) is 4.96. The van der Waals surface area contributed by atoms with Crippen LogP contribution in [0.3, 0.4) is 0 Å². The third-order valence-electron chi connectivity index (χ3n) is 2.86. The minimum absolute atomic E-state index is 0. The smallest absolute Gasteiger partial charge is 0.486 e. The van der Waals surface area contributed by atoms with Gasteiger partial charge in [-0.05, 0) is 18.4 Å². The van der Waals surface area contributed by atoms with E-state index < -0.39 is 0 Å². The van der Waals surface area contributed by atoms with E-state index in [1.807, 2.05) is 19.9 Å². The van der Waals surface area contributed by atoms with Crippen molar-refractivity contribution in [1.82, 2.24) is 4.98 Å². The maximum Gasteiger partial charge on any atom is 1.00 e. The first kappa shape index (κ1) is 19.3. The Bertz CT molecular complexity index is 431. The normalized spacial score (nSPS) is 14.8. The largest absolute Gasteiger partial charge is 1.00 e. The fourth-order valence-corrected chi connectivity index (χ4v) is 2.01. The molecule has 100 valence electrons. The first-order chi connectivity index (χ1) is 8.43. The van der Waals surface area contributed by atoms with E-state index in [4.69, 9.17) is 9.15 Å². The van der Waals surface area contributed by atoms with Gasteiger partial charge < -0.3 is 21.6 Å². The molecule has 1 saturated heterocycles. The number of pyridine rings is 1. The zero-order valence-corrected chi connectivity index (χ0v) is 15.5. The molecule has 0 bridgehead atoms. The van der Waals surface area contributed by atoms with Crippen LogP contribution in [-0.4, -0.2) is 18.2 Å². The molecule has 1 aliphatic heterocycles. The Morgan fingerprint density at radius 1 is 1.26 bits per heavy atom. The molecule has 1 aliphatic rings. The average molecular weight is 286 g/mol. The molecular formula is C15H21KNO2-. The molecule has 0 unspecified atom stereocenters. The molecule has 0 amide bonds. The maximum atomic E-state index is 5.73. The Hall–Kier alpha value is 0.286. The average Bonchev–Trinajstić information content (AvgIpc) is 2.86. The summed E-state index contributed by atoms with van der Waals surface area (Å²) >= 11 is 0. The molecule has 3 rings (SSSR count). The van der Waals surface area contributed by atoms with Crippen molar-refractivity contribution in [2.45, 2.75) is 32.6 Å². The summed E-state index contributed by atoms with van der Waals surface area (Å²) in [6.07, 6.45) is 3.82. The molecule has 2 aromatic heterocycles. The van der Waals surface area contributed by atoms with E-state index >= 15 is 0 Å². The third-order valence-corrected chi connectivity index (χ3v) is 2.86. The molecular weight excluding hydrogens is 265 g/mol. The van der Waals surface area contributed by atoms with Gasteiger partial charge in [-0.15, -0.1) is 6.07 Å². The molecule has 0 saturated carbocycles. The number of hydrogen-bond acceptors (Lipinski definition) is 3. The van der Waals surface area contributed by atoms with E-state index in [-0.39, 0.29) is 58.8 Å². The minimum Gasteiger partial charge on any atom is -0.486 e. The van der Waals surface area contributed by atoms with Crippen molar-refractivity contribution in [3.8, 4) is 0 Å². The van der Waals surface area contributed by atoms with Crippen LogP contribution in [0.15, 0.2) is 22.7 Å². The number of aromatic nitrogens is 1. The van der Waals surface area contributed by atoms with Gasteiger partial charge in [0.25, 0.3) is 0 Å². The Morgan fingerprint density at radius 3 is 2.58 bits per heavy atom. The van der Waals surface area contributed by atoms with Gasteiger partial charge in [-0.1, -0.05) is 26.1 Å². The summed E-state index contributed by atoms with van der Waals surface area (Å²) in [6.45, 7) is 5.66. The second kappa shape index (κ2) is 10.1. The molecule has 1 fully saturated rings. The Balaban J connectivity index is 0.000000776. The van der Waals surface area contributed by atoms with Gasteiger partial charge >= 0.3 is 51.4 Å². The number of furan rings is 1. The molecule has 0 atom stereocenters. The molecule has 0 radical (unpaired) electrons. The molecule has 0 N–H and O–H groups in total. The first-order valence-corrected chi connectivity index (χ1v) is 6.27. The van der Waals surface area contributed by atoms with Gasteiger partial charge in [0.1, 0.15) is 0 Å². The van der Waals surface area contributed by atoms with Crippen LogP contribution in [0.2, 0.25) is 0 Å². The van der Waals surface area contributed by atoms with Gasteiger partial charge in [-0.3, -0.25) is 0 Å². The number of ether oxygens (including phenoxy) is 1. The molecule has 3 nitrogen and oxygen atoms in total. The van der Waals surface area contributed by atoms with Crippen LogP contribution in [0, 0.1) is 13.5 Å². The second-order valence-corrected chi connectivity index (χ2v) is 3.84. The van der Waals surface area contributed by atoms with E-state index in [1.165, 1.54) is 0 Å². The van der Waals surface area contributed by atoms with Crippen LogP contribution in [0.5, 0.6) is 0 Å². The summed E-state index contributed by atoms with van der Waals surface area (Å²) in [5, 5.41) is 0. The van der Waals surface area contributed by atoms with Gasteiger partial charge in [-0.25, -0.2) is 0 Å². The van der Waals surface area contributed by atoms with E-state index in [2.05, 4.69) is 11.1 Å². The van der Waals surface area contributed by atoms with Gasteiger partial charge in [0, 0.05) is 24.7 Å². The Kier molecular flexibility index (Phi) is 10.2. The van der Waals surface area contributed by atoms with Crippen molar-refractivity contribution in [2.75, 3.05) is 13.2 Å². The van der Waals surface area contributed by atoms with E-state index in [9.17, 15) is 0 Å². The van der Waals surface area contributed by atoms with E-state index in [0.29, 0.717) is 5.92 Å². The molecule has 19 heavy (non-hydrogen) atoms. The Labute approximate surface area is 158 Å². The summed E-state index contributed by atoms with van der Waals surface area (Å²) in [5.74, 6) is 1.52. The van der Waals surface area contributed by atoms with Gasteiger partial charge in [0.05, 0.1) is 5.76 Å². The molecule has 2 aromatic rings. The summed E-state index contributed by atoms with van der Waals surface area (Å²) in [5.41, 5.74) is 1.66. The zero-order valence-electron chi connectivity index (χ0n) is 12.4. The molecule has 0 spiro atoms. The van der Waals surface area contributed by atoms with Crippen LogP contribution in [0.25, 0.3) is 11.1 Å². The van der Waals surface area contributed by atoms with Crippen molar-refractivity contribution < 1.29 is 60.5 Å². The molecule has 4 heteroatoms. The molecule has 3 heterocycles. The quantitative estimate of drug-likeness (QED) is 0.579. The topological polar surface area (TPSA) is 35.3 Å². The van der Waals surface area contributed by atoms with Crippen LogP contribution in [0.4, 0.5) is 0 Å². The van der Waals surface area contributed by atoms with Crippen LogP contribution < -0.4 is 51.4 Å². The van der Waals surface area contributed by atoms with Gasteiger partial charge in [0.15, 0.2) is 0 Å². The summed E-state index contributed by atoms with van der Waals surface area (Å²) in [7, 11) is 0. The van der Waals surface area contributed by atoms with Crippen molar-refractivity contribution in [2.24, 2.45) is 0 Å². The van der Waals surface area contributed by atoms with Crippen molar-refractivity contribution >= 4 is 11.1 Å². The van der Waals surface area contributed by atoms with Crippen LogP contribution in [-0.2, 0) is 4.74 Å². The van der Waals surface area contributed by atoms with Gasteiger partial charge in [0.2, 0.25) is 0 Å². The summed E-state index contributed by atoms with van der Waals surface area (Å²) in [4.78, 5) is 4.24. The van der Waals surface area contributed by atoms with Crippen molar-refractivity contribution in [3.63, 3.8) is 0 Å². The summed E-state index contributed by atoms with van der Waals surface area (Å²) in [6, 6.07) is 6.86. The SMILES string of the molecule is CC.[CH3-].[K+].[c-]1ccnc2cc(C3CCOCC3)oc12. The maximum absolute atomic E-state index is 5.73. The monoisotopic (exact) mass is 286 g/mol. The fourth-order valence-electron chi connectivity index (χ4n) is 2.01. The zero-order chi connectivity index (χ0) is 12.1.